The second kappa shape index (κ2) is 8.38. The van der Waals surface area contributed by atoms with Crippen LogP contribution in [0.5, 0.6) is 17.2 Å². The average molecular weight is 292 g/mol. The van der Waals surface area contributed by atoms with Gasteiger partial charge in [0.05, 0.1) is 26.9 Å². The fourth-order valence-corrected chi connectivity index (χ4v) is 2.10. The number of methoxy groups -OCH3 is 2. The molecule has 1 unspecified atom stereocenters. The number of hydrogen-bond acceptors (Lipinski definition) is 5. The van der Waals surface area contributed by atoms with Gasteiger partial charge in [0.1, 0.15) is 22.8 Å². The molecule has 0 fully saturated rings. The minimum Gasteiger partial charge on any atom is -0.496 e. The topological polar surface area (TPSA) is 63.5 Å². The minimum absolute atomic E-state index is 0.463. The second-order valence-electron chi connectivity index (χ2n) is 4.80. The van der Waals surface area contributed by atoms with Gasteiger partial charge in [-0.1, -0.05) is 6.92 Å². The van der Waals surface area contributed by atoms with Crippen LogP contribution in [0.3, 0.4) is 0 Å². The van der Waals surface area contributed by atoms with E-state index >= 15 is 0 Å². The molecule has 116 valence electrons. The average Bonchev–Trinajstić information content (AvgIpc) is 2.55. The normalized spacial score (nSPS) is 13.1. The van der Waals surface area contributed by atoms with Crippen LogP contribution in [0.1, 0.15) is 26.2 Å². The van der Waals surface area contributed by atoms with Crippen LogP contribution in [-0.2, 0) is 0 Å². The molecule has 1 rings (SSSR count). The lowest BCUT2D eigenvalue weighted by atomic mass is 9.92. The molecule has 0 aliphatic rings. The summed E-state index contributed by atoms with van der Waals surface area (Å²) in [7, 11) is 5.03. The van der Waals surface area contributed by atoms with Crippen molar-refractivity contribution in [3.63, 3.8) is 0 Å². The molecule has 0 aliphatic carbocycles. The van der Waals surface area contributed by atoms with E-state index in [9.17, 15) is 5.26 Å². The lowest BCUT2D eigenvalue weighted by molar-refractivity contribution is 0.278. The molecular weight excluding hydrogens is 268 g/mol. The molecule has 0 heterocycles. The van der Waals surface area contributed by atoms with Gasteiger partial charge in [-0.3, -0.25) is 0 Å². The van der Waals surface area contributed by atoms with E-state index in [4.69, 9.17) is 14.2 Å². The van der Waals surface area contributed by atoms with E-state index in [2.05, 4.69) is 11.4 Å². The van der Waals surface area contributed by atoms with E-state index in [-0.39, 0.29) is 0 Å². The van der Waals surface area contributed by atoms with Gasteiger partial charge in [-0.05, 0) is 26.3 Å². The Balaban J connectivity index is 2.55. The van der Waals surface area contributed by atoms with Crippen molar-refractivity contribution in [2.24, 2.45) is 0 Å². The third-order valence-corrected chi connectivity index (χ3v) is 3.64. The van der Waals surface area contributed by atoms with Gasteiger partial charge in [-0.15, -0.1) is 0 Å². The zero-order chi connectivity index (χ0) is 15.7. The number of benzene rings is 1. The fraction of sp³-hybridized carbons (Fsp3) is 0.562. The number of nitriles is 1. The van der Waals surface area contributed by atoms with E-state index < -0.39 is 5.54 Å². The first-order valence-electron chi connectivity index (χ1n) is 7.09. The van der Waals surface area contributed by atoms with Crippen molar-refractivity contribution in [2.75, 3.05) is 27.9 Å². The summed E-state index contributed by atoms with van der Waals surface area (Å²) in [4.78, 5) is 0. The van der Waals surface area contributed by atoms with Crippen LogP contribution in [0.15, 0.2) is 18.2 Å². The zero-order valence-corrected chi connectivity index (χ0v) is 13.2. The first kappa shape index (κ1) is 17.1. The van der Waals surface area contributed by atoms with Crippen molar-refractivity contribution in [3.8, 4) is 23.3 Å². The lowest BCUT2D eigenvalue weighted by Gasteiger charge is -2.24. The monoisotopic (exact) mass is 292 g/mol. The molecule has 0 aliphatic heterocycles. The molecule has 1 aromatic carbocycles. The Morgan fingerprint density at radius 3 is 2.14 bits per heavy atom. The van der Waals surface area contributed by atoms with E-state index in [1.165, 1.54) is 0 Å². The predicted molar refractivity (Wildman–Crippen MR) is 82.0 cm³/mol. The standard InChI is InChI=1S/C16H24N2O3/c1-5-16(12-17,18-2)7-6-8-21-15-10-13(19-3)9-14(11-15)20-4/h9-11,18H,5-8H2,1-4H3. The highest BCUT2D eigenvalue weighted by atomic mass is 16.5. The third-order valence-electron chi connectivity index (χ3n) is 3.64. The molecule has 0 radical (unpaired) electrons. The largest absolute Gasteiger partial charge is 0.496 e. The van der Waals surface area contributed by atoms with Crippen molar-refractivity contribution in [3.05, 3.63) is 18.2 Å². The van der Waals surface area contributed by atoms with Crippen molar-refractivity contribution < 1.29 is 14.2 Å². The van der Waals surface area contributed by atoms with Gasteiger partial charge in [0.25, 0.3) is 0 Å². The summed E-state index contributed by atoms with van der Waals surface area (Å²) in [6.45, 7) is 2.55. The molecule has 0 saturated carbocycles. The Bertz CT molecular complexity index is 457. The maximum atomic E-state index is 9.24. The summed E-state index contributed by atoms with van der Waals surface area (Å²) in [5.74, 6) is 2.09. The Hall–Kier alpha value is -1.93. The number of ether oxygens (including phenoxy) is 3. The Morgan fingerprint density at radius 2 is 1.71 bits per heavy atom. The van der Waals surface area contributed by atoms with Gasteiger partial charge < -0.3 is 19.5 Å². The fourth-order valence-electron chi connectivity index (χ4n) is 2.10. The van der Waals surface area contributed by atoms with Gasteiger partial charge in [-0.25, -0.2) is 0 Å². The lowest BCUT2D eigenvalue weighted by Crippen LogP contribution is -2.41. The first-order valence-corrected chi connectivity index (χ1v) is 7.09. The van der Waals surface area contributed by atoms with E-state index in [0.29, 0.717) is 23.9 Å². The van der Waals surface area contributed by atoms with E-state index in [1.807, 2.05) is 26.1 Å². The number of nitrogens with zero attached hydrogens (tertiary/aromatic N) is 1. The van der Waals surface area contributed by atoms with Gasteiger partial charge >= 0.3 is 0 Å². The molecule has 0 amide bonds. The maximum absolute atomic E-state index is 9.24. The van der Waals surface area contributed by atoms with Crippen LogP contribution in [0, 0.1) is 11.3 Å². The molecule has 5 nitrogen and oxygen atoms in total. The molecule has 0 bridgehead atoms. The van der Waals surface area contributed by atoms with Crippen LogP contribution < -0.4 is 19.5 Å². The van der Waals surface area contributed by atoms with Crippen molar-refractivity contribution >= 4 is 0 Å². The van der Waals surface area contributed by atoms with Crippen molar-refractivity contribution in [1.82, 2.24) is 5.32 Å². The van der Waals surface area contributed by atoms with Gasteiger partial charge in [0, 0.05) is 18.2 Å². The first-order chi connectivity index (χ1) is 10.1. The van der Waals surface area contributed by atoms with Crippen molar-refractivity contribution in [1.29, 1.82) is 5.26 Å². The third kappa shape index (κ3) is 4.83. The molecule has 0 spiro atoms. The molecule has 5 heteroatoms. The van der Waals surface area contributed by atoms with Crippen LogP contribution in [-0.4, -0.2) is 33.4 Å². The summed E-state index contributed by atoms with van der Waals surface area (Å²) < 4.78 is 16.1. The molecule has 21 heavy (non-hydrogen) atoms. The maximum Gasteiger partial charge on any atom is 0.126 e. The summed E-state index contributed by atoms with van der Waals surface area (Å²) >= 11 is 0. The van der Waals surface area contributed by atoms with Gasteiger partial charge in [0.2, 0.25) is 0 Å². The molecule has 1 aromatic rings. The molecule has 0 aromatic heterocycles. The van der Waals surface area contributed by atoms with Crippen LogP contribution in [0.2, 0.25) is 0 Å². The second-order valence-corrected chi connectivity index (χ2v) is 4.80. The highest BCUT2D eigenvalue weighted by Crippen LogP contribution is 2.27. The van der Waals surface area contributed by atoms with E-state index in [1.54, 1.807) is 20.3 Å². The summed E-state index contributed by atoms with van der Waals surface area (Å²) in [6.07, 6.45) is 2.31. The number of hydrogen-bond donors (Lipinski definition) is 1. The van der Waals surface area contributed by atoms with E-state index in [0.717, 1.165) is 19.3 Å². The quantitative estimate of drug-likeness (QED) is 0.709. The smallest absolute Gasteiger partial charge is 0.126 e. The SMILES string of the molecule is CCC(C#N)(CCCOc1cc(OC)cc(OC)c1)NC. The number of rotatable bonds is 9. The predicted octanol–water partition coefficient (Wildman–Crippen LogP) is 2.75. The van der Waals surface area contributed by atoms with Crippen LogP contribution in [0.4, 0.5) is 0 Å². The molecular formula is C16H24N2O3. The molecule has 1 N–H and O–H groups in total. The summed E-state index contributed by atoms with van der Waals surface area (Å²) in [5.41, 5.74) is -0.463. The van der Waals surface area contributed by atoms with Crippen molar-refractivity contribution in [2.45, 2.75) is 31.7 Å². The number of nitrogens with one attached hydrogen (secondary N) is 1. The van der Waals surface area contributed by atoms with Crippen LogP contribution >= 0.6 is 0 Å². The van der Waals surface area contributed by atoms with Gasteiger partial charge in [0.15, 0.2) is 0 Å². The highest BCUT2D eigenvalue weighted by molar-refractivity contribution is 5.41. The van der Waals surface area contributed by atoms with Gasteiger partial charge in [-0.2, -0.15) is 5.26 Å². The Morgan fingerprint density at radius 1 is 1.14 bits per heavy atom. The summed E-state index contributed by atoms with van der Waals surface area (Å²) in [6, 6.07) is 7.78. The molecule has 1 atom stereocenters. The zero-order valence-electron chi connectivity index (χ0n) is 13.2. The summed E-state index contributed by atoms with van der Waals surface area (Å²) in [5, 5.41) is 12.3. The highest BCUT2D eigenvalue weighted by Gasteiger charge is 2.24. The Kier molecular flexibility index (Phi) is 6.83. The molecule has 0 saturated heterocycles. The minimum atomic E-state index is -0.463. The van der Waals surface area contributed by atoms with Crippen LogP contribution in [0.25, 0.3) is 0 Å². The Labute approximate surface area is 126 Å².